The predicted molar refractivity (Wildman–Crippen MR) is 165 cm³/mol. The van der Waals surface area contributed by atoms with E-state index in [0.29, 0.717) is 25.0 Å². The number of methoxy groups -OCH3 is 1. The zero-order chi connectivity index (χ0) is 29.4. The first-order valence-electron chi connectivity index (χ1n) is 14.2. The Morgan fingerprint density at radius 2 is 1.45 bits per heavy atom. The molecule has 4 nitrogen and oxygen atoms in total. The number of hydrogen-bond acceptors (Lipinski definition) is 4. The second kappa shape index (κ2) is 10.8. The van der Waals surface area contributed by atoms with E-state index in [-0.39, 0.29) is 29.6 Å². The standard InChI is InChI=1S/C35H44O4Si/c1-9-17-26-23-34(22-10-2)24-29(36)33(6,7)35(31(34)37,30(26)38-8)25-39-40(32(3,4)5,27-18-13-11-14-19-27)28-20-15-12-16-21-28/h9-16,18-21H,1-2,17,22-25H2,3-8H3/t34-,35-/m0/s1. The number of ketones is 2. The van der Waals surface area contributed by atoms with Crippen LogP contribution in [0.3, 0.4) is 0 Å². The lowest BCUT2D eigenvalue weighted by Gasteiger charge is -2.58. The lowest BCUT2D eigenvalue weighted by molar-refractivity contribution is -0.171. The van der Waals surface area contributed by atoms with Gasteiger partial charge in [0.05, 0.1) is 13.7 Å². The zero-order valence-electron chi connectivity index (χ0n) is 25.0. The molecule has 2 aromatic carbocycles. The first-order chi connectivity index (χ1) is 18.9. The van der Waals surface area contributed by atoms with Crippen LogP contribution in [0.5, 0.6) is 0 Å². The molecule has 0 spiro atoms. The Kier molecular flexibility index (Phi) is 8.05. The average Bonchev–Trinajstić information content (AvgIpc) is 2.91. The molecule has 1 fully saturated rings. The van der Waals surface area contributed by atoms with Crippen LogP contribution in [0.4, 0.5) is 0 Å². The van der Waals surface area contributed by atoms with E-state index in [9.17, 15) is 9.59 Å². The molecule has 0 aromatic heterocycles. The number of carbonyl (C=O) groups excluding carboxylic acids is 2. The van der Waals surface area contributed by atoms with Crippen LogP contribution in [-0.4, -0.2) is 33.6 Å². The van der Waals surface area contributed by atoms with Gasteiger partial charge >= 0.3 is 0 Å². The summed E-state index contributed by atoms with van der Waals surface area (Å²) in [6.45, 7) is 18.5. The van der Waals surface area contributed by atoms with Gasteiger partial charge in [-0.3, -0.25) is 9.59 Å². The van der Waals surface area contributed by atoms with E-state index in [1.165, 1.54) is 0 Å². The number of Topliss-reactive ketones (excluding diaryl/α,β-unsaturated/α-hetero) is 2. The summed E-state index contributed by atoms with van der Waals surface area (Å²) < 4.78 is 13.6. The average molecular weight is 557 g/mol. The van der Waals surface area contributed by atoms with Gasteiger partial charge in [0, 0.05) is 17.3 Å². The molecule has 2 atom stereocenters. The van der Waals surface area contributed by atoms with Crippen molar-refractivity contribution in [1.82, 2.24) is 0 Å². The fourth-order valence-corrected chi connectivity index (χ4v) is 12.0. The number of ether oxygens (including phenoxy) is 1. The molecular formula is C35H44O4Si. The SMILES string of the molecule is C=CCC1=C(OC)[C@@]2(CO[Si](c3ccccc3)(c3ccccc3)C(C)(C)C)C(=O)[C@](CC=C)(CC(=O)C2(C)C)C1. The van der Waals surface area contributed by atoms with Crippen molar-refractivity contribution in [2.75, 3.05) is 13.7 Å². The topological polar surface area (TPSA) is 52.6 Å². The minimum atomic E-state index is -3.02. The Bertz CT molecular complexity index is 1280. The third kappa shape index (κ3) is 4.29. The first kappa shape index (κ1) is 29.9. The van der Waals surface area contributed by atoms with Gasteiger partial charge in [-0.1, -0.05) is 107 Å². The van der Waals surface area contributed by atoms with Crippen molar-refractivity contribution in [3.63, 3.8) is 0 Å². The molecule has 0 saturated heterocycles. The van der Waals surface area contributed by atoms with E-state index in [2.05, 4.69) is 58.2 Å². The van der Waals surface area contributed by atoms with Crippen molar-refractivity contribution in [3.8, 4) is 0 Å². The summed E-state index contributed by atoms with van der Waals surface area (Å²) in [4.78, 5) is 29.0. The quantitative estimate of drug-likeness (QED) is 0.246. The van der Waals surface area contributed by atoms with Gasteiger partial charge in [-0.2, -0.15) is 0 Å². The Balaban J connectivity index is 2.02. The summed E-state index contributed by atoms with van der Waals surface area (Å²) in [6, 6.07) is 20.8. The minimum Gasteiger partial charge on any atom is -0.500 e. The van der Waals surface area contributed by atoms with E-state index in [4.69, 9.17) is 9.16 Å². The highest BCUT2D eigenvalue weighted by Crippen LogP contribution is 2.63. The maximum absolute atomic E-state index is 15.0. The highest BCUT2D eigenvalue weighted by atomic mass is 28.4. The number of fused-ring (bicyclic) bond motifs is 2. The van der Waals surface area contributed by atoms with Crippen molar-refractivity contribution in [1.29, 1.82) is 0 Å². The van der Waals surface area contributed by atoms with Gasteiger partial charge < -0.3 is 9.16 Å². The molecule has 0 amide bonds. The zero-order valence-corrected chi connectivity index (χ0v) is 26.0. The first-order valence-corrected chi connectivity index (χ1v) is 16.1. The van der Waals surface area contributed by atoms with Crippen molar-refractivity contribution < 1.29 is 18.8 Å². The predicted octanol–water partition coefficient (Wildman–Crippen LogP) is 6.56. The minimum absolute atomic E-state index is 0.0343. The molecule has 0 aliphatic heterocycles. The van der Waals surface area contributed by atoms with E-state index >= 15 is 0 Å². The molecule has 2 aromatic rings. The van der Waals surface area contributed by atoms with Crippen molar-refractivity contribution in [2.24, 2.45) is 16.2 Å². The Morgan fingerprint density at radius 1 is 0.900 bits per heavy atom. The monoisotopic (exact) mass is 556 g/mol. The van der Waals surface area contributed by atoms with Gasteiger partial charge in [0.1, 0.15) is 17.0 Å². The molecule has 0 unspecified atom stereocenters. The molecule has 0 N–H and O–H groups in total. The second-order valence-corrected chi connectivity index (χ2v) is 17.3. The van der Waals surface area contributed by atoms with Crippen LogP contribution < -0.4 is 10.4 Å². The number of carbonyl (C=O) groups is 2. The van der Waals surface area contributed by atoms with Crippen LogP contribution in [-0.2, 0) is 18.8 Å². The molecular weight excluding hydrogens is 512 g/mol. The third-order valence-electron chi connectivity index (χ3n) is 9.44. The fourth-order valence-electron chi connectivity index (χ4n) is 7.36. The molecule has 4 rings (SSSR count). The number of benzene rings is 2. The maximum Gasteiger partial charge on any atom is 0.261 e. The molecule has 0 heterocycles. The third-order valence-corrected chi connectivity index (χ3v) is 14.4. The summed E-state index contributed by atoms with van der Waals surface area (Å²) in [5.41, 5.74) is -2.14. The van der Waals surface area contributed by atoms with Crippen LogP contribution in [0.25, 0.3) is 0 Å². The number of hydrogen-bond donors (Lipinski definition) is 0. The number of rotatable bonds is 10. The highest BCUT2D eigenvalue weighted by Gasteiger charge is 2.70. The Morgan fingerprint density at radius 3 is 1.90 bits per heavy atom. The van der Waals surface area contributed by atoms with Crippen molar-refractivity contribution in [2.45, 2.75) is 65.3 Å². The summed E-state index contributed by atoms with van der Waals surface area (Å²) in [6.07, 6.45) is 5.32. The maximum atomic E-state index is 15.0. The lowest BCUT2D eigenvalue weighted by Crippen LogP contribution is -2.70. The van der Waals surface area contributed by atoms with E-state index in [1.54, 1.807) is 13.2 Å². The van der Waals surface area contributed by atoms with Crippen LogP contribution in [0, 0.1) is 16.2 Å². The lowest BCUT2D eigenvalue weighted by atomic mass is 9.44. The largest absolute Gasteiger partial charge is 0.500 e. The molecule has 2 bridgehead atoms. The van der Waals surface area contributed by atoms with E-state index in [1.807, 2.05) is 56.3 Å². The van der Waals surface area contributed by atoms with Gasteiger partial charge in [0.2, 0.25) is 0 Å². The molecule has 1 saturated carbocycles. The fraction of sp³-hybridized carbons (Fsp3) is 0.429. The van der Waals surface area contributed by atoms with Crippen LogP contribution >= 0.6 is 0 Å². The normalized spacial score (nSPS) is 24.6. The van der Waals surface area contributed by atoms with Crippen LogP contribution in [0.15, 0.2) is 97.3 Å². The smallest absolute Gasteiger partial charge is 0.261 e. The Labute approximate surface area is 241 Å². The number of allylic oxidation sites excluding steroid dienone is 3. The molecule has 40 heavy (non-hydrogen) atoms. The summed E-state index contributed by atoms with van der Waals surface area (Å²) in [7, 11) is -1.40. The van der Waals surface area contributed by atoms with Gasteiger partial charge in [-0.15, -0.1) is 13.2 Å². The molecule has 0 radical (unpaired) electrons. The van der Waals surface area contributed by atoms with Gasteiger partial charge in [0.25, 0.3) is 8.32 Å². The summed E-state index contributed by atoms with van der Waals surface area (Å²) >= 11 is 0. The summed E-state index contributed by atoms with van der Waals surface area (Å²) in [5.74, 6) is 0.673. The summed E-state index contributed by atoms with van der Waals surface area (Å²) in [5, 5.41) is 1.96. The van der Waals surface area contributed by atoms with Gasteiger partial charge in [-0.05, 0) is 40.2 Å². The van der Waals surface area contributed by atoms with E-state index < -0.39 is 24.6 Å². The second-order valence-electron chi connectivity index (χ2n) is 13.0. The van der Waals surface area contributed by atoms with Crippen LogP contribution in [0.1, 0.15) is 60.3 Å². The van der Waals surface area contributed by atoms with E-state index in [0.717, 1.165) is 15.9 Å². The van der Waals surface area contributed by atoms with Gasteiger partial charge in [0.15, 0.2) is 5.78 Å². The van der Waals surface area contributed by atoms with Crippen molar-refractivity contribution in [3.05, 3.63) is 97.3 Å². The molecule has 2 aliphatic carbocycles. The molecule has 2 aliphatic rings. The highest BCUT2D eigenvalue weighted by molar-refractivity contribution is 6.99. The van der Waals surface area contributed by atoms with Crippen molar-refractivity contribution >= 4 is 30.3 Å². The molecule has 212 valence electrons. The Hall–Kier alpha value is -3.02. The van der Waals surface area contributed by atoms with Gasteiger partial charge in [-0.25, -0.2) is 0 Å². The van der Waals surface area contributed by atoms with Crippen LogP contribution in [0.2, 0.25) is 5.04 Å². The molecule has 5 heteroatoms.